The zero-order valence-electron chi connectivity index (χ0n) is 18.8. The lowest BCUT2D eigenvalue weighted by molar-refractivity contribution is -0.142. The molecule has 0 aliphatic rings. The van der Waals surface area contributed by atoms with Crippen molar-refractivity contribution >= 4 is 23.4 Å². The fourth-order valence-corrected chi connectivity index (χ4v) is 3.09. The van der Waals surface area contributed by atoms with Crippen LogP contribution in [0.3, 0.4) is 0 Å². The Morgan fingerprint density at radius 2 is 1.76 bits per heavy atom. The number of nitrogen functional groups attached to an aromatic ring is 2. The van der Waals surface area contributed by atoms with Gasteiger partial charge in [0.25, 0.3) is 5.56 Å². The second kappa shape index (κ2) is 10.4. The molecule has 1 aromatic heterocycles. The molecule has 3 aromatic rings. The number of aromatic amines is 1. The first-order valence-electron chi connectivity index (χ1n) is 10.1. The SMILES string of the molecule is CCOc1cc(-c2cc(OCC(=O)OC)cc(C(=O)OC)c2)ccc1-c1nc(N)c(N)c(=O)[nH]1. The topological polar surface area (TPSA) is 169 Å². The van der Waals surface area contributed by atoms with Gasteiger partial charge >= 0.3 is 11.9 Å². The van der Waals surface area contributed by atoms with Gasteiger partial charge in [0.15, 0.2) is 12.4 Å². The summed E-state index contributed by atoms with van der Waals surface area (Å²) in [5.74, 6) is -0.376. The molecule has 5 N–H and O–H groups in total. The van der Waals surface area contributed by atoms with Gasteiger partial charge in [-0.15, -0.1) is 0 Å². The number of hydrogen-bond acceptors (Lipinski definition) is 10. The van der Waals surface area contributed by atoms with E-state index in [0.29, 0.717) is 29.0 Å². The third-order valence-electron chi connectivity index (χ3n) is 4.77. The van der Waals surface area contributed by atoms with E-state index >= 15 is 0 Å². The third-order valence-corrected chi connectivity index (χ3v) is 4.77. The molecule has 34 heavy (non-hydrogen) atoms. The van der Waals surface area contributed by atoms with E-state index < -0.39 is 17.5 Å². The molecule has 1 heterocycles. The van der Waals surface area contributed by atoms with E-state index in [0.717, 1.165) is 0 Å². The van der Waals surface area contributed by atoms with Crippen LogP contribution in [0.25, 0.3) is 22.5 Å². The van der Waals surface area contributed by atoms with Crippen molar-refractivity contribution in [3.05, 3.63) is 52.3 Å². The van der Waals surface area contributed by atoms with Crippen LogP contribution >= 0.6 is 0 Å². The van der Waals surface area contributed by atoms with Crippen LogP contribution in [0.15, 0.2) is 41.2 Å². The molecular weight excluding hydrogens is 444 g/mol. The van der Waals surface area contributed by atoms with Gasteiger partial charge in [0, 0.05) is 0 Å². The number of nitrogens with one attached hydrogen (secondary N) is 1. The smallest absolute Gasteiger partial charge is 0.343 e. The summed E-state index contributed by atoms with van der Waals surface area (Å²) in [6.07, 6.45) is 0. The largest absolute Gasteiger partial charge is 0.493 e. The second-order valence-electron chi connectivity index (χ2n) is 6.96. The molecule has 2 aromatic carbocycles. The Kier molecular flexibility index (Phi) is 7.36. The molecule has 0 saturated carbocycles. The molecule has 0 radical (unpaired) electrons. The van der Waals surface area contributed by atoms with E-state index in [2.05, 4.69) is 14.7 Å². The van der Waals surface area contributed by atoms with Gasteiger partial charge in [-0.1, -0.05) is 6.07 Å². The molecule has 11 heteroatoms. The Morgan fingerprint density at radius 3 is 2.41 bits per heavy atom. The summed E-state index contributed by atoms with van der Waals surface area (Å²) in [6, 6.07) is 9.87. The number of H-pyrrole nitrogens is 1. The number of rotatable bonds is 8. The number of nitrogens with zero attached hydrogens (tertiary/aromatic N) is 1. The fourth-order valence-electron chi connectivity index (χ4n) is 3.09. The number of ether oxygens (including phenoxy) is 4. The maximum atomic E-state index is 12.2. The van der Waals surface area contributed by atoms with E-state index in [-0.39, 0.29) is 35.2 Å². The molecule has 178 valence electrons. The summed E-state index contributed by atoms with van der Waals surface area (Å²) in [5.41, 5.74) is 12.6. The first-order chi connectivity index (χ1) is 16.3. The summed E-state index contributed by atoms with van der Waals surface area (Å²) in [6.45, 7) is 1.81. The lowest BCUT2D eigenvalue weighted by Gasteiger charge is -2.14. The van der Waals surface area contributed by atoms with E-state index in [1.54, 1.807) is 37.3 Å². The molecular formula is C23H24N4O7. The highest BCUT2D eigenvalue weighted by molar-refractivity contribution is 5.92. The minimum Gasteiger partial charge on any atom is -0.493 e. The molecule has 0 saturated heterocycles. The molecule has 0 aliphatic heterocycles. The number of nitrogens with two attached hydrogens (primary N) is 2. The molecule has 0 unspecified atom stereocenters. The third kappa shape index (κ3) is 5.26. The van der Waals surface area contributed by atoms with Crippen molar-refractivity contribution in [2.45, 2.75) is 6.92 Å². The zero-order valence-corrected chi connectivity index (χ0v) is 18.8. The number of carbonyl (C=O) groups excluding carboxylic acids is 2. The van der Waals surface area contributed by atoms with Gasteiger partial charge in [0.1, 0.15) is 23.0 Å². The quantitative estimate of drug-likeness (QED) is 0.416. The summed E-state index contributed by atoms with van der Waals surface area (Å²) < 4.78 is 20.7. The Morgan fingerprint density at radius 1 is 1.00 bits per heavy atom. The molecule has 0 aliphatic carbocycles. The van der Waals surface area contributed by atoms with Crippen LogP contribution < -0.4 is 26.5 Å². The number of anilines is 2. The average molecular weight is 468 g/mol. The minimum absolute atomic E-state index is 0.0940. The number of benzene rings is 2. The molecule has 0 atom stereocenters. The van der Waals surface area contributed by atoms with Crippen LogP contribution in [0.4, 0.5) is 11.5 Å². The van der Waals surface area contributed by atoms with Crippen molar-refractivity contribution in [3.8, 4) is 34.0 Å². The normalized spacial score (nSPS) is 10.4. The van der Waals surface area contributed by atoms with E-state index in [1.165, 1.54) is 20.3 Å². The first kappa shape index (κ1) is 24.1. The summed E-state index contributed by atoms with van der Waals surface area (Å²) in [7, 11) is 2.51. The Hall–Kier alpha value is -4.54. The van der Waals surface area contributed by atoms with Gasteiger partial charge in [-0.25, -0.2) is 14.6 Å². The minimum atomic E-state index is -0.578. The Balaban J connectivity index is 2.10. The number of aromatic nitrogens is 2. The second-order valence-corrected chi connectivity index (χ2v) is 6.96. The summed E-state index contributed by atoms with van der Waals surface area (Å²) in [4.78, 5) is 42.5. The maximum Gasteiger partial charge on any atom is 0.343 e. The highest BCUT2D eigenvalue weighted by Gasteiger charge is 2.16. The van der Waals surface area contributed by atoms with Crippen LogP contribution in [-0.2, 0) is 14.3 Å². The predicted octanol–water partition coefficient (Wildman–Crippen LogP) is 2.01. The number of methoxy groups -OCH3 is 2. The van der Waals surface area contributed by atoms with Gasteiger partial charge < -0.3 is 35.4 Å². The number of hydrogen-bond donors (Lipinski definition) is 3. The average Bonchev–Trinajstić information content (AvgIpc) is 2.84. The molecule has 3 rings (SSSR count). The van der Waals surface area contributed by atoms with Crippen molar-refractivity contribution < 1.29 is 28.5 Å². The monoisotopic (exact) mass is 468 g/mol. The van der Waals surface area contributed by atoms with Gasteiger partial charge in [-0.3, -0.25) is 4.79 Å². The Bertz CT molecular complexity index is 1290. The number of esters is 2. The van der Waals surface area contributed by atoms with E-state index in [4.69, 9.17) is 25.7 Å². The van der Waals surface area contributed by atoms with Gasteiger partial charge in [-0.05, 0) is 48.4 Å². The van der Waals surface area contributed by atoms with Gasteiger partial charge in [0.2, 0.25) is 0 Å². The van der Waals surface area contributed by atoms with Crippen molar-refractivity contribution in [1.29, 1.82) is 0 Å². The van der Waals surface area contributed by atoms with E-state index in [9.17, 15) is 14.4 Å². The lowest BCUT2D eigenvalue weighted by Crippen LogP contribution is -2.17. The van der Waals surface area contributed by atoms with Crippen molar-refractivity contribution in [1.82, 2.24) is 9.97 Å². The fraction of sp³-hybridized carbons (Fsp3) is 0.217. The molecule has 11 nitrogen and oxygen atoms in total. The van der Waals surface area contributed by atoms with Gasteiger partial charge in [-0.2, -0.15) is 0 Å². The summed E-state index contributed by atoms with van der Waals surface area (Å²) in [5, 5.41) is 0. The van der Waals surface area contributed by atoms with Crippen LogP contribution in [0.1, 0.15) is 17.3 Å². The first-order valence-corrected chi connectivity index (χ1v) is 10.1. The van der Waals surface area contributed by atoms with Crippen LogP contribution in [0.5, 0.6) is 11.5 Å². The standard InChI is InChI=1S/C23H24N4O7/c1-4-33-17-10-12(5-6-16(17)21-26-20(25)19(24)22(29)27-21)13-7-14(23(30)32-3)9-15(8-13)34-11-18(28)31-2/h5-10H,4,11,24H2,1-3H3,(H3,25,26,27,29). The van der Waals surface area contributed by atoms with Crippen molar-refractivity contribution in [2.24, 2.45) is 0 Å². The van der Waals surface area contributed by atoms with Crippen molar-refractivity contribution in [3.63, 3.8) is 0 Å². The maximum absolute atomic E-state index is 12.2. The zero-order chi connectivity index (χ0) is 24.8. The highest BCUT2D eigenvalue weighted by atomic mass is 16.6. The Labute approximate surface area is 194 Å². The van der Waals surface area contributed by atoms with Crippen LogP contribution in [0, 0.1) is 0 Å². The van der Waals surface area contributed by atoms with E-state index in [1.807, 2.05) is 0 Å². The summed E-state index contributed by atoms with van der Waals surface area (Å²) >= 11 is 0. The predicted molar refractivity (Wildman–Crippen MR) is 125 cm³/mol. The lowest BCUT2D eigenvalue weighted by atomic mass is 10.00. The molecule has 0 fully saturated rings. The molecule has 0 bridgehead atoms. The molecule has 0 amide bonds. The number of carbonyl (C=O) groups is 2. The molecule has 0 spiro atoms. The highest BCUT2D eigenvalue weighted by Crippen LogP contribution is 2.35. The van der Waals surface area contributed by atoms with Gasteiger partial charge in [0.05, 0.1) is 32.0 Å². The van der Waals surface area contributed by atoms with Crippen molar-refractivity contribution in [2.75, 3.05) is 38.9 Å². The van der Waals surface area contributed by atoms with Crippen LogP contribution in [-0.4, -0.2) is 49.3 Å². The van der Waals surface area contributed by atoms with Crippen LogP contribution in [0.2, 0.25) is 0 Å².